The van der Waals surface area contributed by atoms with Gasteiger partial charge in [-0.2, -0.15) is 4.39 Å². The van der Waals surface area contributed by atoms with E-state index in [9.17, 15) is 14.5 Å². The van der Waals surface area contributed by atoms with E-state index in [1.165, 1.54) is 12.1 Å². The summed E-state index contributed by atoms with van der Waals surface area (Å²) in [7, 11) is 1.86. The van der Waals surface area contributed by atoms with Gasteiger partial charge < -0.3 is 9.88 Å². The minimum atomic E-state index is -0.801. The lowest BCUT2D eigenvalue weighted by atomic mass is 10.2. The number of nitro benzene ring substituents is 1. The average molecular weight is 263 g/mol. The largest absolute Gasteiger partial charge is 0.350 e. The van der Waals surface area contributed by atoms with E-state index in [1.54, 1.807) is 6.07 Å². The van der Waals surface area contributed by atoms with Gasteiger partial charge in [0.05, 0.1) is 4.92 Å². The lowest BCUT2D eigenvalue weighted by Gasteiger charge is -2.04. The summed E-state index contributed by atoms with van der Waals surface area (Å²) in [5.41, 5.74) is 1.33. The van der Waals surface area contributed by atoms with Gasteiger partial charge >= 0.3 is 5.69 Å². The van der Waals surface area contributed by atoms with E-state index in [0.717, 1.165) is 12.1 Å². The van der Waals surface area contributed by atoms with Gasteiger partial charge in [-0.1, -0.05) is 6.07 Å². The second-order valence-electron chi connectivity index (χ2n) is 4.27. The molecule has 6 heteroatoms. The first-order valence-electron chi connectivity index (χ1n) is 5.82. The van der Waals surface area contributed by atoms with Crippen LogP contribution in [-0.2, 0) is 13.1 Å². The lowest BCUT2D eigenvalue weighted by Crippen LogP contribution is -2.04. The first kappa shape index (κ1) is 13.2. The fourth-order valence-electron chi connectivity index (χ4n) is 1.91. The monoisotopic (exact) mass is 263 g/mol. The van der Waals surface area contributed by atoms with E-state index >= 15 is 0 Å². The Morgan fingerprint density at radius 3 is 2.79 bits per heavy atom. The Bertz CT molecular complexity index is 595. The number of benzene rings is 1. The van der Waals surface area contributed by atoms with Crippen molar-refractivity contribution in [1.29, 1.82) is 0 Å². The molecule has 0 aliphatic heterocycles. The van der Waals surface area contributed by atoms with Crippen LogP contribution in [0.2, 0.25) is 0 Å². The topological polar surface area (TPSA) is 60.1 Å². The van der Waals surface area contributed by atoms with Crippen LogP contribution < -0.4 is 5.32 Å². The molecule has 0 bridgehead atoms. The maximum Gasteiger partial charge on any atom is 0.304 e. The number of nitrogens with zero attached hydrogens (tertiary/aromatic N) is 2. The van der Waals surface area contributed by atoms with E-state index in [2.05, 4.69) is 5.32 Å². The summed E-state index contributed by atoms with van der Waals surface area (Å²) in [4.78, 5) is 9.80. The second-order valence-corrected chi connectivity index (χ2v) is 4.27. The Morgan fingerprint density at radius 2 is 2.16 bits per heavy atom. The molecule has 19 heavy (non-hydrogen) atoms. The molecule has 1 N–H and O–H groups in total. The zero-order chi connectivity index (χ0) is 13.8. The Morgan fingerprint density at radius 1 is 1.37 bits per heavy atom. The third-order valence-corrected chi connectivity index (χ3v) is 2.77. The highest BCUT2D eigenvalue weighted by Crippen LogP contribution is 2.18. The van der Waals surface area contributed by atoms with Crippen molar-refractivity contribution in [2.24, 2.45) is 0 Å². The van der Waals surface area contributed by atoms with Gasteiger partial charge in [-0.15, -0.1) is 0 Å². The Kier molecular flexibility index (Phi) is 3.91. The van der Waals surface area contributed by atoms with E-state index < -0.39 is 16.4 Å². The fraction of sp³-hybridized carbons (Fsp3) is 0.231. The molecule has 0 aliphatic rings. The third-order valence-electron chi connectivity index (χ3n) is 2.77. The van der Waals surface area contributed by atoms with Crippen LogP contribution in [0.25, 0.3) is 0 Å². The highest BCUT2D eigenvalue weighted by molar-refractivity contribution is 5.35. The third kappa shape index (κ3) is 3.17. The van der Waals surface area contributed by atoms with Crippen LogP contribution in [0.4, 0.5) is 10.1 Å². The maximum absolute atomic E-state index is 13.5. The second kappa shape index (κ2) is 5.62. The number of nitro groups is 1. The predicted molar refractivity (Wildman–Crippen MR) is 69.4 cm³/mol. The zero-order valence-corrected chi connectivity index (χ0v) is 10.5. The van der Waals surface area contributed by atoms with E-state index in [0.29, 0.717) is 12.1 Å². The summed E-state index contributed by atoms with van der Waals surface area (Å²) in [5.74, 6) is -0.801. The van der Waals surface area contributed by atoms with Gasteiger partial charge in [0.25, 0.3) is 0 Å². The van der Waals surface area contributed by atoms with Crippen LogP contribution in [0.3, 0.4) is 0 Å². The van der Waals surface area contributed by atoms with Crippen molar-refractivity contribution in [3.8, 4) is 0 Å². The molecular weight excluding hydrogens is 249 g/mol. The Hall–Kier alpha value is -2.21. The molecule has 0 unspecified atom stereocenters. The summed E-state index contributed by atoms with van der Waals surface area (Å²) in [6.07, 6.45) is 3.85. The average Bonchev–Trinajstić information content (AvgIpc) is 2.76. The van der Waals surface area contributed by atoms with Gasteiger partial charge in [-0.05, 0) is 30.3 Å². The summed E-state index contributed by atoms with van der Waals surface area (Å²) in [6.45, 7) is 1.25. The normalized spacial score (nSPS) is 10.6. The van der Waals surface area contributed by atoms with E-state index in [1.807, 2.05) is 30.1 Å². The van der Waals surface area contributed by atoms with Crippen molar-refractivity contribution < 1.29 is 9.31 Å². The quantitative estimate of drug-likeness (QED) is 0.665. The fourth-order valence-corrected chi connectivity index (χ4v) is 1.91. The number of halogens is 1. The van der Waals surface area contributed by atoms with Crippen LogP contribution in [0.15, 0.2) is 36.7 Å². The molecule has 100 valence electrons. The summed E-state index contributed by atoms with van der Waals surface area (Å²) in [5, 5.41) is 13.6. The summed E-state index contributed by atoms with van der Waals surface area (Å²) < 4.78 is 15.4. The molecule has 1 aromatic carbocycles. The highest BCUT2D eigenvalue weighted by Gasteiger charge is 2.13. The van der Waals surface area contributed by atoms with Crippen molar-refractivity contribution in [2.45, 2.75) is 13.1 Å². The molecule has 0 radical (unpaired) electrons. The molecule has 0 fully saturated rings. The van der Waals surface area contributed by atoms with Crippen LogP contribution in [0.1, 0.15) is 11.1 Å². The first-order chi connectivity index (χ1) is 9.10. The van der Waals surface area contributed by atoms with E-state index in [-0.39, 0.29) is 0 Å². The highest BCUT2D eigenvalue weighted by atomic mass is 19.1. The smallest absolute Gasteiger partial charge is 0.304 e. The van der Waals surface area contributed by atoms with Crippen LogP contribution >= 0.6 is 0 Å². The van der Waals surface area contributed by atoms with Crippen molar-refractivity contribution in [1.82, 2.24) is 9.88 Å². The molecule has 0 spiro atoms. The van der Waals surface area contributed by atoms with Crippen molar-refractivity contribution in [3.05, 3.63) is 63.7 Å². The first-order valence-corrected chi connectivity index (χ1v) is 5.82. The molecule has 5 nitrogen and oxygen atoms in total. The number of aromatic nitrogens is 1. The molecule has 2 aromatic rings. The van der Waals surface area contributed by atoms with Gasteiger partial charge in [-0.25, -0.2) is 0 Å². The molecule has 0 atom stereocenters. The number of hydrogen-bond acceptors (Lipinski definition) is 3. The van der Waals surface area contributed by atoms with Gasteiger partial charge in [-0.3, -0.25) is 10.1 Å². The zero-order valence-electron chi connectivity index (χ0n) is 10.5. The molecule has 0 saturated carbocycles. The molecular formula is C13H14FN3O2. The molecule has 0 saturated heterocycles. The molecule has 0 amide bonds. The number of hydrogen-bond donors (Lipinski definition) is 1. The molecule has 1 heterocycles. The van der Waals surface area contributed by atoms with Crippen molar-refractivity contribution in [2.75, 3.05) is 7.05 Å². The lowest BCUT2D eigenvalue weighted by molar-refractivity contribution is -0.387. The number of nitrogens with one attached hydrogen (secondary N) is 1. The van der Waals surface area contributed by atoms with Gasteiger partial charge in [0, 0.05) is 31.5 Å². The Labute approximate surface area is 109 Å². The van der Waals surface area contributed by atoms with Crippen LogP contribution in [-0.4, -0.2) is 16.5 Å². The van der Waals surface area contributed by atoms with Crippen molar-refractivity contribution >= 4 is 5.69 Å². The van der Waals surface area contributed by atoms with E-state index in [4.69, 9.17) is 0 Å². The molecule has 0 aliphatic carbocycles. The van der Waals surface area contributed by atoms with Crippen LogP contribution in [0.5, 0.6) is 0 Å². The maximum atomic E-state index is 13.5. The van der Waals surface area contributed by atoms with Crippen LogP contribution in [0, 0.1) is 15.9 Å². The SMILES string of the molecule is CNCc1ccn(Cc2ccc([N+](=O)[O-])c(F)c2)c1. The number of rotatable bonds is 5. The molecule has 2 rings (SSSR count). The summed E-state index contributed by atoms with van der Waals surface area (Å²) in [6, 6.07) is 5.94. The van der Waals surface area contributed by atoms with Gasteiger partial charge in [0.15, 0.2) is 0 Å². The van der Waals surface area contributed by atoms with Crippen molar-refractivity contribution in [3.63, 3.8) is 0 Å². The minimum Gasteiger partial charge on any atom is -0.350 e. The minimum absolute atomic E-state index is 0.485. The van der Waals surface area contributed by atoms with Gasteiger partial charge in [0.1, 0.15) is 0 Å². The predicted octanol–water partition coefficient (Wildman–Crippen LogP) is 2.30. The van der Waals surface area contributed by atoms with Gasteiger partial charge in [0.2, 0.25) is 5.82 Å². The summed E-state index contributed by atoms with van der Waals surface area (Å²) >= 11 is 0. The Balaban J connectivity index is 2.14. The standard InChI is InChI=1S/C13H14FN3O2/c1-15-7-11-4-5-16(9-11)8-10-2-3-13(17(18)19)12(14)6-10/h2-6,9,15H,7-8H2,1H3. The molecule has 1 aromatic heterocycles.